The summed E-state index contributed by atoms with van der Waals surface area (Å²) in [5.41, 5.74) is 2.89. The minimum absolute atomic E-state index is 0.722. The molecule has 0 aromatic rings. The van der Waals surface area contributed by atoms with Crippen molar-refractivity contribution in [3.05, 3.63) is 35.5 Å². The third-order valence-electron chi connectivity index (χ3n) is 1.63. The molecule has 0 spiro atoms. The maximum absolute atomic E-state index is 2.29. The summed E-state index contributed by atoms with van der Waals surface area (Å²) >= 11 is 0. The zero-order valence-corrected chi connectivity index (χ0v) is 4.89. The largest absolute Gasteiger partial charge is 0.0703 e. The molecule has 0 N–H and O–H groups in total. The molecule has 0 radical (unpaired) electrons. The first kappa shape index (κ1) is 4.13. The SMILES string of the molecule is CC1=CC2C=C2C=C1. The molecule has 2 rings (SSSR count). The van der Waals surface area contributed by atoms with E-state index in [1.807, 2.05) is 0 Å². The van der Waals surface area contributed by atoms with Crippen LogP contribution in [0.5, 0.6) is 0 Å². The highest BCUT2D eigenvalue weighted by Crippen LogP contribution is 2.35. The Kier molecular flexibility index (Phi) is 0.587. The predicted molar refractivity (Wildman–Crippen MR) is 34.5 cm³/mol. The fraction of sp³-hybridized carbons (Fsp3) is 0.250. The molecule has 0 saturated carbocycles. The van der Waals surface area contributed by atoms with Crippen molar-refractivity contribution >= 4 is 0 Å². The molecule has 0 fully saturated rings. The van der Waals surface area contributed by atoms with E-state index in [0.717, 1.165) is 5.92 Å². The van der Waals surface area contributed by atoms with Crippen LogP contribution in [-0.2, 0) is 0 Å². The van der Waals surface area contributed by atoms with Crippen molar-refractivity contribution in [3.8, 4) is 0 Å². The third-order valence-corrected chi connectivity index (χ3v) is 1.63. The van der Waals surface area contributed by atoms with Gasteiger partial charge in [-0.25, -0.2) is 0 Å². The van der Waals surface area contributed by atoms with Crippen LogP contribution in [0.1, 0.15) is 6.92 Å². The molecule has 2 aliphatic carbocycles. The van der Waals surface area contributed by atoms with Crippen molar-refractivity contribution in [1.82, 2.24) is 0 Å². The average molecular weight is 104 g/mol. The van der Waals surface area contributed by atoms with E-state index < -0.39 is 0 Å². The van der Waals surface area contributed by atoms with Gasteiger partial charge in [0.2, 0.25) is 0 Å². The summed E-state index contributed by atoms with van der Waals surface area (Å²) in [4.78, 5) is 0. The van der Waals surface area contributed by atoms with Crippen molar-refractivity contribution < 1.29 is 0 Å². The lowest BCUT2D eigenvalue weighted by Crippen LogP contribution is -1.80. The topological polar surface area (TPSA) is 0 Å². The molecule has 0 bridgehead atoms. The summed E-state index contributed by atoms with van der Waals surface area (Å²) < 4.78 is 0. The Labute approximate surface area is 49.2 Å². The zero-order valence-electron chi connectivity index (χ0n) is 4.89. The molecular formula is C8H8. The second-order valence-electron chi connectivity index (χ2n) is 2.44. The summed E-state index contributed by atoms with van der Waals surface area (Å²) in [7, 11) is 0. The van der Waals surface area contributed by atoms with Crippen molar-refractivity contribution in [2.24, 2.45) is 5.92 Å². The molecule has 2 aliphatic rings. The maximum Gasteiger partial charge on any atom is 0.0207 e. The van der Waals surface area contributed by atoms with Gasteiger partial charge in [-0.2, -0.15) is 0 Å². The highest BCUT2D eigenvalue weighted by atomic mass is 14.2. The highest BCUT2D eigenvalue weighted by Gasteiger charge is 2.21. The summed E-state index contributed by atoms with van der Waals surface area (Å²) in [6.07, 6.45) is 8.91. The Morgan fingerprint density at radius 2 is 2.12 bits per heavy atom. The lowest BCUT2D eigenvalue weighted by Gasteiger charge is -1.96. The van der Waals surface area contributed by atoms with E-state index in [1.165, 1.54) is 11.1 Å². The Bertz CT molecular complexity index is 204. The lowest BCUT2D eigenvalue weighted by atomic mass is 10.1. The van der Waals surface area contributed by atoms with Crippen LogP contribution in [-0.4, -0.2) is 0 Å². The van der Waals surface area contributed by atoms with Gasteiger partial charge in [0.1, 0.15) is 0 Å². The fourth-order valence-corrected chi connectivity index (χ4v) is 1.04. The molecular weight excluding hydrogens is 96.1 g/mol. The molecule has 40 valence electrons. The second kappa shape index (κ2) is 1.13. The molecule has 8 heavy (non-hydrogen) atoms. The Hall–Kier alpha value is -0.780. The first-order valence-electron chi connectivity index (χ1n) is 2.94. The van der Waals surface area contributed by atoms with Crippen LogP contribution in [0.15, 0.2) is 35.5 Å². The predicted octanol–water partition coefficient (Wildman–Crippen LogP) is 2.06. The standard InChI is InChI=1S/C8H8/c1-6-2-3-7-5-8(7)4-6/h2-5,8H,1H3. The molecule has 0 aromatic carbocycles. The molecule has 0 nitrogen and oxygen atoms in total. The van der Waals surface area contributed by atoms with Crippen molar-refractivity contribution in [2.45, 2.75) is 6.92 Å². The van der Waals surface area contributed by atoms with Crippen LogP contribution >= 0.6 is 0 Å². The van der Waals surface area contributed by atoms with Gasteiger partial charge in [0, 0.05) is 5.92 Å². The van der Waals surface area contributed by atoms with Crippen LogP contribution < -0.4 is 0 Å². The Morgan fingerprint density at radius 1 is 1.25 bits per heavy atom. The molecule has 0 heterocycles. The average Bonchev–Trinajstić information content (AvgIpc) is 2.43. The van der Waals surface area contributed by atoms with Gasteiger partial charge in [-0.05, 0) is 12.5 Å². The Balaban J connectivity index is 2.34. The summed E-state index contributed by atoms with van der Waals surface area (Å²) in [6, 6.07) is 0. The van der Waals surface area contributed by atoms with Gasteiger partial charge in [-0.15, -0.1) is 0 Å². The van der Waals surface area contributed by atoms with Crippen molar-refractivity contribution in [3.63, 3.8) is 0 Å². The van der Waals surface area contributed by atoms with Crippen molar-refractivity contribution in [1.29, 1.82) is 0 Å². The first-order valence-corrected chi connectivity index (χ1v) is 2.94. The normalized spacial score (nSPS) is 30.9. The highest BCUT2D eigenvalue weighted by molar-refractivity contribution is 5.50. The quantitative estimate of drug-likeness (QED) is 0.441. The monoisotopic (exact) mass is 104 g/mol. The van der Waals surface area contributed by atoms with Crippen LogP contribution in [0.25, 0.3) is 0 Å². The van der Waals surface area contributed by atoms with Gasteiger partial charge in [-0.3, -0.25) is 0 Å². The summed E-state index contributed by atoms with van der Waals surface area (Å²) in [6.45, 7) is 2.14. The summed E-state index contributed by atoms with van der Waals surface area (Å²) in [5.74, 6) is 0.722. The van der Waals surface area contributed by atoms with Gasteiger partial charge in [-0.1, -0.05) is 29.9 Å². The molecule has 0 saturated heterocycles. The molecule has 1 unspecified atom stereocenters. The van der Waals surface area contributed by atoms with Gasteiger partial charge >= 0.3 is 0 Å². The van der Waals surface area contributed by atoms with E-state index in [9.17, 15) is 0 Å². The van der Waals surface area contributed by atoms with Crippen molar-refractivity contribution in [2.75, 3.05) is 0 Å². The number of allylic oxidation sites excluding steroid dienone is 6. The molecule has 0 heteroatoms. The van der Waals surface area contributed by atoms with Gasteiger partial charge in [0.15, 0.2) is 0 Å². The van der Waals surface area contributed by atoms with Gasteiger partial charge in [0.25, 0.3) is 0 Å². The second-order valence-corrected chi connectivity index (χ2v) is 2.44. The molecule has 0 aromatic heterocycles. The number of fused-ring (bicyclic) bond motifs is 1. The Morgan fingerprint density at radius 3 is 2.75 bits per heavy atom. The van der Waals surface area contributed by atoms with Gasteiger partial charge in [0.05, 0.1) is 0 Å². The van der Waals surface area contributed by atoms with Gasteiger partial charge < -0.3 is 0 Å². The molecule has 0 amide bonds. The van der Waals surface area contributed by atoms with E-state index in [1.54, 1.807) is 0 Å². The zero-order chi connectivity index (χ0) is 5.56. The number of hydrogen-bond donors (Lipinski definition) is 0. The van der Waals surface area contributed by atoms with E-state index >= 15 is 0 Å². The lowest BCUT2D eigenvalue weighted by molar-refractivity contribution is 1.16. The van der Waals surface area contributed by atoms with E-state index in [0.29, 0.717) is 0 Å². The minimum Gasteiger partial charge on any atom is -0.0703 e. The van der Waals surface area contributed by atoms with E-state index in [2.05, 4.69) is 31.2 Å². The number of hydrogen-bond acceptors (Lipinski definition) is 0. The minimum atomic E-state index is 0.722. The fourth-order valence-electron chi connectivity index (χ4n) is 1.04. The summed E-state index contributed by atoms with van der Waals surface area (Å²) in [5, 5.41) is 0. The first-order chi connectivity index (χ1) is 3.86. The van der Waals surface area contributed by atoms with Crippen LogP contribution in [0, 0.1) is 5.92 Å². The van der Waals surface area contributed by atoms with E-state index in [-0.39, 0.29) is 0 Å². The molecule has 0 aliphatic heterocycles. The van der Waals surface area contributed by atoms with E-state index in [4.69, 9.17) is 0 Å². The maximum atomic E-state index is 2.29. The smallest absolute Gasteiger partial charge is 0.0207 e. The number of rotatable bonds is 0. The van der Waals surface area contributed by atoms with Crippen LogP contribution in [0.3, 0.4) is 0 Å². The molecule has 1 atom stereocenters. The van der Waals surface area contributed by atoms with Crippen LogP contribution in [0.4, 0.5) is 0 Å². The third kappa shape index (κ3) is 0.460. The van der Waals surface area contributed by atoms with Crippen LogP contribution in [0.2, 0.25) is 0 Å².